The summed E-state index contributed by atoms with van der Waals surface area (Å²) in [5.74, 6) is 0.346. The van der Waals surface area contributed by atoms with Gasteiger partial charge in [0.2, 0.25) is 0 Å². The molecule has 1 saturated carbocycles. The Morgan fingerprint density at radius 3 is 2.89 bits per heavy atom. The van der Waals surface area contributed by atoms with Gasteiger partial charge in [0, 0.05) is 31.0 Å². The minimum Gasteiger partial charge on any atom is -0.396 e. The number of nitrogen functional groups attached to an aromatic ring is 1. The van der Waals surface area contributed by atoms with Crippen LogP contribution in [0.1, 0.15) is 36.0 Å². The quantitative estimate of drug-likeness (QED) is 0.817. The van der Waals surface area contributed by atoms with Gasteiger partial charge >= 0.3 is 0 Å². The third-order valence-corrected chi connectivity index (χ3v) is 3.36. The van der Waals surface area contributed by atoms with Crippen molar-refractivity contribution >= 4 is 11.7 Å². The molecule has 3 N–H and O–H groups in total. The van der Waals surface area contributed by atoms with Gasteiger partial charge in [-0.05, 0) is 37.8 Å². The van der Waals surface area contributed by atoms with E-state index in [9.17, 15) is 4.79 Å². The molecular formula is C13H19N3O2. The number of hydrogen-bond acceptors (Lipinski definition) is 4. The number of anilines is 1. The van der Waals surface area contributed by atoms with E-state index in [1.807, 2.05) is 4.90 Å². The number of aliphatic hydroxyl groups is 1. The zero-order valence-corrected chi connectivity index (χ0v) is 10.4. The monoisotopic (exact) mass is 249 g/mol. The second-order valence-electron chi connectivity index (χ2n) is 4.63. The molecular weight excluding hydrogens is 230 g/mol. The Labute approximate surface area is 107 Å². The third kappa shape index (κ3) is 2.79. The Balaban J connectivity index is 2.11. The first-order chi connectivity index (χ1) is 8.72. The van der Waals surface area contributed by atoms with Crippen molar-refractivity contribution in [2.24, 2.45) is 0 Å². The Bertz CT molecular complexity index is 418. The predicted molar refractivity (Wildman–Crippen MR) is 69.0 cm³/mol. The average molecular weight is 249 g/mol. The van der Waals surface area contributed by atoms with E-state index in [-0.39, 0.29) is 12.5 Å². The van der Waals surface area contributed by atoms with Gasteiger partial charge in [0.05, 0.1) is 0 Å². The van der Waals surface area contributed by atoms with Crippen LogP contribution in [-0.4, -0.2) is 40.1 Å². The number of aromatic nitrogens is 1. The standard InChI is InChI=1S/C13H19N3O2/c14-12-9-10(5-6-15-12)13(18)16(7-2-8-17)11-3-1-4-11/h5-6,9,11,17H,1-4,7-8H2,(H2,14,15). The maximum atomic E-state index is 12.4. The van der Waals surface area contributed by atoms with Crippen molar-refractivity contribution in [2.75, 3.05) is 18.9 Å². The third-order valence-electron chi connectivity index (χ3n) is 3.36. The fourth-order valence-electron chi connectivity index (χ4n) is 2.14. The minimum atomic E-state index is -0.0118. The van der Waals surface area contributed by atoms with Gasteiger partial charge in [0.1, 0.15) is 5.82 Å². The van der Waals surface area contributed by atoms with Crippen LogP contribution in [0.25, 0.3) is 0 Å². The first-order valence-electron chi connectivity index (χ1n) is 6.35. The maximum Gasteiger partial charge on any atom is 0.254 e. The molecule has 1 aliphatic rings. The molecule has 1 amide bonds. The molecule has 1 aromatic heterocycles. The highest BCUT2D eigenvalue weighted by atomic mass is 16.3. The molecule has 1 fully saturated rings. The molecule has 0 bridgehead atoms. The largest absolute Gasteiger partial charge is 0.396 e. The number of hydrogen-bond donors (Lipinski definition) is 2. The molecule has 0 saturated heterocycles. The average Bonchev–Trinajstić information content (AvgIpc) is 2.31. The summed E-state index contributed by atoms with van der Waals surface area (Å²) in [6, 6.07) is 3.61. The zero-order chi connectivity index (χ0) is 13.0. The second-order valence-corrected chi connectivity index (χ2v) is 4.63. The van der Waals surface area contributed by atoms with Crippen LogP contribution in [0, 0.1) is 0 Å². The molecule has 0 spiro atoms. The number of rotatable bonds is 5. The van der Waals surface area contributed by atoms with Crippen LogP contribution in [0.3, 0.4) is 0 Å². The summed E-state index contributed by atoms with van der Waals surface area (Å²) in [7, 11) is 0. The molecule has 0 atom stereocenters. The number of carbonyl (C=O) groups excluding carboxylic acids is 1. The molecule has 0 radical (unpaired) electrons. The van der Waals surface area contributed by atoms with Crippen molar-refractivity contribution in [3.8, 4) is 0 Å². The first-order valence-corrected chi connectivity index (χ1v) is 6.35. The maximum absolute atomic E-state index is 12.4. The van der Waals surface area contributed by atoms with E-state index in [1.165, 1.54) is 6.42 Å². The minimum absolute atomic E-state index is 0.0118. The molecule has 0 aliphatic heterocycles. The summed E-state index contributed by atoms with van der Waals surface area (Å²) >= 11 is 0. The van der Waals surface area contributed by atoms with Gasteiger partial charge in [-0.2, -0.15) is 0 Å². The van der Waals surface area contributed by atoms with Crippen LogP contribution in [0.4, 0.5) is 5.82 Å². The van der Waals surface area contributed by atoms with Crippen LogP contribution in [-0.2, 0) is 0 Å². The summed E-state index contributed by atoms with van der Waals surface area (Å²) < 4.78 is 0. The lowest BCUT2D eigenvalue weighted by Crippen LogP contribution is -2.45. The lowest BCUT2D eigenvalue weighted by Gasteiger charge is -2.37. The molecule has 1 heterocycles. The Morgan fingerprint density at radius 1 is 1.56 bits per heavy atom. The zero-order valence-electron chi connectivity index (χ0n) is 10.4. The summed E-state index contributed by atoms with van der Waals surface area (Å²) in [6.07, 6.45) is 5.44. The highest BCUT2D eigenvalue weighted by molar-refractivity contribution is 5.95. The van der Waals surface area contributed by atoms with Gasteiger partial charge in [-0.1, -0.05) is 0 Å². The molecule has 18 heavy (non-hydrogen) atoms. The number of amides is 1. The molecule has 1 aliphatic carbocycles. The van der Waals surface area contributed by atoms with Gasteiger partial charge in [-0.15, -0.1) is 0 Å². The van der Waals surface area contributed by atoms with Crippen LogP contribution >= 0.6 is 0 Å². The van der Waals surface area contributed by atoms with Gasteiger partial charge < -0.3 is 15.7 Å². The van der Waals surface area contributed by atoms with Crippen molar-refractivity contribution in [2.45, 2.75) is 31.7 Å². The molecule has 2 rings (SSSR count). The van der Waals surface area contributed by atoms with E-state index in [0.717, 1.165) is 12.8 Å². The van der Waals surface area contributed by atoms with E-state index in [1.54, 1.807) is 18.3 Å². The molecule has 5 nitrogen and oxygen atoms in total. The van der Waals surface area contributed by atoms with Crippen molar-refractivity contribution in [1.29, 1.82) is 0 Å². The molecule has 1 aromatic rings. The van der Waals surface area contributed by atoms with Crippen LogP contribution in [0.2, 0.25) is 0 Å². The van der Waals surface area contributed by atoms with Crippen molar-refractivity contribution in [1.82, 2.24) is 9.88 Å². The summed E-state index contributed by atoms with van der Waals surface area (Å²) in [5.41, 5.74) is 6.17. The molecule has 0 unspecified atom stereocenters. The van der Waals surface area contributed by atoms with Crippen LogP contribution in [0.5, 0.6) is 0 Å². The van der Waals surface area contributed by atoms with Crippen molar-refractivity contribution in [3.05, 3.63) is 23.9 Å². The lowest BCUT2D eigenvalue weighted by molar-refractivity contribution is 0.0562. The van der Waals surface area contributed by atoms with Gasteiger partial charge in [-0.3, -0.25) is 4.79 Å². The van der Waals surface area contributed by atoms with Crippen molar-refractivity contribution < 1.29 is 9.90 Å². The molecule has 5 heteroatoms. The fourth-order valence-corrected chi connectivity index (χ4v) is 2.14. The number of carbonyl (C=O) groups is 1. The van der Waals surface area contributed by atoms with Gasteiger partial charge in [-0.25, -0.2) is 4.98 Å². The second kappa shape index (κ2) is 5.82. The summed E-state index contributed by atoms with van der Waals surface area (Å²) in [4.78, 5) is 18.1. The lowest BCUT2D eigenvalue weighted by atomic mass is 9.91. The highest BCUT2D eigenvalue weighted by Gasteiger charge is 2.28. The Kier molecular flexibility index (Phi) is 4.15. The number of pyridine rings is 1. The molecule has 0 aromatic carbocycles. The van der Waals surface area contributed by atoms with E-state index >= 15 is 0 Å². The van der Waals surface area contributed by atoms with Crippen LogP contribution < -0.4 is 5.73 Å². The van der Waals surface area contributed by atoms with Gasteiger partial charge in [0.15, 0.2) is 0 Å². The predicted octanol–water partition coefficient (Wildman–Crippen LogP) is 1.04. The van der Waals surface area contributed by atoms with E-state index in [4.69, 9.17) is 10.8 Å². The number of aliphatic hydroxyl groups excluding tert-OH is 1. The number of nitrogens with two attached hydrogens (primary N) is 1. The number of nitrogens with zero attached hydrogens (tertiary/aromatic N) is 2. The van der Waals surface area contributed by atoms with Gasteiger partial charge in [0.25, 0.3) is 5.91 Å². The summed E-state index contributed by atoms with van der Waals surface area (Å²) in [5, 5.41) is 8.92. The van der Waals surface area contributed by atoms with Crippen LogP contribution in [0.15, 0.2) is 18.3 Å². The normalized spacial score (nSPS) is 15.2. The SMILES string of the molecule is Nc1cc(C(=O)N(CCCO)C2CCC2)ccn1. The van der Waals surface area contributed by atoms with Crippen molar-refractivity contribution in [3.63, 3.8) is 0 Å². The first kappa shape index (κ1) is 12.8. The van der Waals surface area contributed by atoms with E-state index in [2.05, 4.69) is 4.98 Å². The summed E-state index contributed by atoms with van der Waals surface area (Å²) in [6.45, 7) is 0.706. The Hall–Kier alpha value is -1.62. The fraction of sp³-hybridized carbons (Fsp3) is 0.538. The highest BCUT2D eigenvalue weighted by Crippen LogP contribution is 2.26. The topological polar surface area (TPSA) is 79.5 Å². The van der Waals surface area contributed by atoms with E-state index in [0.29, 0.717) is 30.4 Å². The Morgan fingerprint density at radius 2 is 2.33 bits per heavy atom. The van der Waals surface area contributed by atoms with E-state index < -0.39 is 0 Å². The smallest absolute Gasteiger partial charge is 0.254 e. The molecule has 98 valence electrons.